The maximum atomic E-state index is 12.4. The van der Waals surface area contributed by atoms with Gasteiger partial charge in [-0.25, -0.2) is 8.42 Å². The second kappa shape index (κ2) is 5.29. The number of phenolic OH excluding ortho intramolecular Hbond substituents is 1. The molecule has 110 valence electrons. The van der Waals surface area contributed by atoms with Crippen molar-refractivity contribution in [1.82, 2.24) is 4.31 Å². The first-order valence-corrected chi connectivity index (χ1v) is 7.46. The standard InChI is InChI=1S/C12H16N2O5S/c1-19-12(16)8-4-5-14(7-8)20(17,18)9-2-3-11(15)10(13)6-9/h2-3,6,8,15H,4-5,7,13H2,1H3. The van der Waals surface area contributed by atoms with Crippen LogP contribution in [0.5, 0.6) is 5.75 Å². The third-order valence-corrected chi connectivity index (χ3v) is 5.18. The van der Waals surface area contributed by atoms with Crippen LogP contribution in [0.1, 0.15) is 6.42 Å². The molecule has 0 aromatic heterocycles. The number of nitrogens with zero attached hydrogens (tertiary/aromatic N) is 1. The van der Waals surface area contributed by atoms with Crippen LogP contribution < -0.4 is 5.73 Å². The van der Waals surface area contributed by atoms with Gasteiger partial charge in [-0.2, -0.15) is 4.31 Å². The summed E-state index contributed by atoms with van der Waals surface area (Å²) in [5.41, 5.74) is 5.50. The summed E-state index contributed by atoms with van der Waals surface area (Å²) < 4.78 is 30.6. The zero-order valence-electron chi connectivity index (χ0n) is 10.9. The lowest BCUT2D eigenvalue weighted by Crippen LogP contribution is -2.30. The molecule has 3 N–H and O–H groups in total. The molecule has 0 aliphatic carbocycles. The maximum Gasteiger partial charge on any atom is 0.310 e. The Bertz CT molecular complexity index is 629. The number of methoxy groups -OCH3 is 1. The van der Waals surface area contributed by atoms with Crippen molar-refractivity contribution in [3.63, 3.8) is 0 Å². The van der Waals surface area contributed by atoms with Crippen LogP contribution in [-0.2, 0) is 19.6 Å². The molecule has 0 spiro atoms. The lowest BCUT2D eigenvalue weighted by Gasteiger charge is -2.16. The predicted molar refractivity (Wildman–Crippen MR) is 71.4 cm³/mol. The van der Waals surface area contributed by atoms with Crippen molar-refractivity contribution < 1.29 is 23.1 Å². The number of hydrogen-bond acceptors (Lipinski definition) is 6. The lowest BCUT2D eigenvalue weighted by atomic mass is 10.1. The molecule has 1 aliphatic rings. The Morgan fingerprint density at radius 3 is 2.80 bits per heavy atom. The number of aromatic hydroxyl groups is 1. The summed E-state index contributed by atoms with van der Waals surface area (Å²) in [4.78, 5) is 11.4. The molecule has 1 unspecified atom stereocenters. The number of carbonyl (C=O) groups excluding carboxylic acids is 1. The second-order valence-electron chi connectivity index (χ2n) is 4.59. The van der Waals surface area contributed by atoms with Gasteiger partial charge in [0.1, 0.15) is 5.75 Å². The van der Waals surface area contributed by atoms with Crippen LogP contribution in [0.3, 0.4) is 0 Å². The summed E-state index contributed by atoms with van der Waals surface area (Å²) in [7, 11) is -2.44. The van der Waals surface area contributed by atoms with Crippen LogP contribution in [0.15, 0.2) is 23.1 Å². The number of ether oxygens (including phenoxy) is 1. The third kappa shape index (κ3) is 2.56. The van der Waals surface area contributed by atoms with Gasteiger partial charge in [-0.05, 0) is 24.6 Å². The highest BCUT2D eigenvalue weighted by Crippen LogP contribution is 2.28. The van der Waals surface area contributed by atoms with Gasteiger partial charge in [0.15, 0.2) is 0 Å². The van der Waals surface area contributed by atoms with E-state index in [2.05, 4.69) is 4.74 Å². The van der Waals surface area contributed by atoms with Crippen LogP contribution in [0.25, 0.3) is 0 Å². The third-order valence-electron chi connectivity index (χ3n) is 3.32. The summed E-state index contributed by atoms with van der Waals surface area (Å²) in [6.45, 7) is 0.346. The molecule has 1 atom stereocenters. The van der Waals surface area contributed by atoms with Crippen LogP contribution in [-0.4, -0.2) is 44.0 Å². The molecule has 1 aromatic rings. The molecule has 2 rings (SSSR count). The SMILES string of the molecule is COC(=O)C1CCN(S(=O)(=O)c2ccc(O)c(N)c2)C1. The summed E-state index contributed by atoms with van der Waals surface area (Å²) in [6, 6.07) is 3.72. The molecule has 1 saturated heterocycles. The van der Waals surface area contributed by atoms with Crippen LogP contribution in [0.2, 0.25) is 0 Å². The number of esters is 1. The van der Waals surface area contributed by atoms with E-state index in [0.29, 0.717) is 6.42 Å². The topological polar surface area (TPSA) is 110 Å². The van der Waals surface area contributed by atoms with E-state index < -0.39 is 21.9 Å². The minimum Gasteiger partial charge on any atom is -0.506 e. The van der Waals surface area contributed by atoms with E-state index in [1.165, 1.54) is 29.6 Å². The van der Waals surface area contributed by atoms with E-state index in [9.17, 15) is 18.3 Å². The fourth-order valence-corrected chi connectivity index (χ4v) is 3.68. The van der Waals surface area contributed by atoms with E-state index in [0.717, 1.165) is 0 Å². The van der Waals surface area contributed by atoms with Crippen molar-refractivity contribution in [2.75, 3.05) is 25.9 Å². The number of sulfonamides is 1. The first kappa shape index (κ1) is 14.6. The molecular weight excluding hydrogens is 284 g/mol. The van der Waals surface area contributed by atoms with Crippen LogP contribution >= 0.6 is 0 Å². The van der Waals surface area contributed by atoms with E-state index in [-0.39, 0.29) is 29.4 Å². The van der Waals surface area contributed by atoms with E-state index in [4.69, 9.17) is 5.73 Å². The molecule has 8 heteroatoms. The summed E-state index contributed by atoms with van der Waals surface area (Å²) >= 11 is 0. The predicted octanol–water partition coefficient (Wildman–Crippen LogP) is 0.158. The maximum absolute atomic E-state index is 12.4. The first-order valence-electron chi connectivity index (χ1n) is 6.02. The van der Waals surface area contributed by atoms with Gasteiger partial charge in [0.2, 0.25) is 10.0 Å². The normalized spacial score (nSPS) is 19.9. The van der Waals surface area contributed by atoms with Crippen molar-refractivity contribution >= 4 is 21.7 Å². The quantitative estimate of drug-likeness (QED) is 0.467. The smallest absolute Gasteiger partial charge is 0.310 e. The molecule has 0 radical (unpaired) electrons. The van der Waals surface area contributed by atoms with Gasteiger partial charge in [-0.3, -0.25) is 4.79 Å². The van der Waals surface area contributed by atoms with E-state index in [1.54, 1.807) is 0 Å². The lowest BCUT2D eigenvalue weighted by molar-refractivity contribution is -0.144. The van der Waals surface area contributed by atoms with Crippen molar-refractivity contribution in [3.05, 3.63) is 18.2 Å². The Morgan fingerprint density at radius 1 is 1.50 bits per heavy atom. The zero-order valence-corrected chi connectivity index (χ0v) is 11.8. The number of carbonyl (C=O) groups is 1. The highest BCUT2D eigenvalue weighted by Gasteiger charge is 2.36. The van der Waals surface area contributed by atoms with Gasteiger partial charge in [0.05, 0.1) is 23.6 Å². The Hall–Kier alpha value is -1.80. The van der Waals surface area contributed by atoms with E-state index >= 15 is 0 Å². The fourth-order valence-electron chi connectivity index (χ4n) is 2.15. The van der Waals surface area contributed by atoms with Gasteiger partial charge in [-0.1, -0.05) is 0 Å². The van der Waals surface area contributed by atoms with Crippen molar-refractivity contribution in [2.45, 2.75) is 11.3 Å². The minimum atomic E-state index is -3.72. The number of nitrogens with two attached hydrogens (primary N) is 1. The molecule has 20 heavy (non-hydrogen) atoms. The molecule has 1 aliphatic heterocycles. The monoisotopic (exact) mass is 300 g/mol. The molecule has 1 aromatic carbocycles. The molecule has 0 bridgehead atoms. The summed E-state index contributed by atoms with van der Waals surface area (Å²) in [6.07, 6.45) is 0.430. The molecular formula is C12H16N2O5S. The van der Waals surface area contributed by atoms with Gasteiger partial charge >= 0.3 is 5.97 Å². The second-order valence-corrected chi connectivity index (χ2v) is 6.53. The average Bonchev–Trinajstić information content (AvgIpc) is 2.91. The van der Waals surface area contributed by atoms with E-state index in [1.807, 2.05) is 0 Å². The van der Waals surface area contributed by atoms with Gasteiger partial charge in [0, 0.05) is 13.1 Å². The summed E-state index contributed by atoms with van der Waals surface area (Å²) in [5.74, 6) is -1.02. The van der Waals surface area contributed by atoms with Gasteiger partial charge in [-0.15, -0.1) is 0 Å². The number of anilines is 1. The van der Waals surface area contributed by atoms with Gasteiger partial charge in [0.25, 0.3) is 0 Å². The average molecular weight is 300 g/mol. The fraction of sp³-hybridized carbons (Fsp3) is 0.417. The zero-order chi connectivity index (χ0) is 14.9. The molecule has 0 saturated carbocycles. The molecule has 0 amide bonds. The summed E-state index contributed by atoms with van der Waals surface area (Å²) in [5, 5.41) is 9.33. The van der Waals surface area contributed by atoms with Crippen LogP contribution in [0, 0.1) is 5.92 Å². The Balaban J connectivity index is 2.23. The Morgan fingerprint density at radius 2 is 2.20 bits per heavy atom. The number of benzene rings is 1. The highest BCUT2D eigenvalue weighted by atomic mass is 32.2. The molecule has 1 fully saturated rings. The van der Waals surface area contributed by atoms with Crippen molar-refractivity contribution in [2.24, 2.45) is 5.92 Å². The van der Waals surface area contributed by atoms with Crippen molar-refractivity contribution in [1.29, 1.82) is 0 Å². The first-order chi connectivity index (χ1) is 9.36. The number of hydrogen-bond donors (Lipinski definition) is 2. The number of nitrogen functional groups attached to an aromatic ring is 1. The van der Waals surface area contributed by atoms with Gasteiger partial charge < -0.3 is 15.6 Å². The highest BCUT2D eigenvalue weighted by molar-refractivity contribution is 7.89. The number of rotatable bonds is 3. The van der Waals surface area contributed by atoms with Crippen LogP contribution in [0.4, 0.5) is 5.69 Å². The Kier molecular flexibility index (Phi) is 3.87. The Labute approximate surface area is 117 Å². The van der Waals surface area contributed by atoms with Crippen molar-refractivity contribution in [3.8, 4) is 5.75 Å². The molecule has 7 nitrogen and oxygen atoms in total. The largest absolute Gasteiger partial charge is 0.506 e. The molecule has 1 heterocycles. The number of phenols is 1. The minimum absolute atomic E-state index is 0.00156.